The molecule has 0 aliphatic heterocycles. The first kappa shape index (κ1) is 19.8. The number of benzene rings is 2. The molecule has 0 atom stereocenters. The van der Waals surface area contributed by atoms with Gasteiger partial charge in [0.1, 0.15) is 10.8 Å². The molecule has 136 valence electrons. The van der Waals surface area contributed by atoms with E-state index in [2.05, 4.69) is 5.32 Å². The van der Waals surface area contributed by atoms with E-state index < -0.39 is 5.97 Å². The van der Waals surface area contributed by atoms with Crippen LogP contribution < -0.4 is 14.8 Å². The Hall–Kier alpha value is -2.50. The minimum atomic E-state index is -0.520. The smallest absolute Gasteiger partial charge is 0.313 e. The molecule has 0 aliphatic rings. The van der Waals surface area contributed by atoms with Crippen LogP contribution in [-0.4, -0.2) is 25.5 Å². The Morgan fingerprint density at radius 3 is 2.54 bits per heavy atom. The minimum Gasteiger partial charge on any atom is -0.497 e. The lowest BCUT2D eigenvalue weighted by atomic mass is 10.2. The van der Waals surface area contributed by atoms with Crippen molar-refractivity contribution < 1.29 is 19.1 Å². The number of amides is 1. The van der Waals surface area contributed by atoms with Crippen molar-refractivity contribution in [3.8, 4) is 11.5 Å². The molecule has 0 aliphatic carbocycles. The second kappa shape index (κ2) is 9.85. The summed E-state index contributed by atoms with van der Waals surface area (Å²) < 4.78 is 10.2. The summed E-state index contributed by atoms with van der Waals surface area (Å²) in [4.78, 5) is 23.6. The highest BCUT2D eigenvalue weighted by Crippen LogP contribution is 2.31. The monoisotopic (exact) mass is 393 g/mol. The lowest BCUT2D eigenvalue weighted by Gasteiger charge is -2.07. The maximum Gasteiger partial charge on any atom is 0.313 e. The van der Waals surface area contributed by atoms with Crippen LogP contribution >= 0.6 is 23.2 Å². The van der Waals surface area contributed by atoms with Gasteiger partial charge in [0.2, 0.25) is 5.91 Å². The Bertz CT molecular complexity index is 804. The molecular weight excluding hydrogens is 377 g/mol. The molecule has 5 nitrogen and oxygen atoms in total. The molecule has 0 saturated carbocycles. The van der Waals surface area contributed by atoms with Gasteiger partial charge in [0.15, 0.2) is 5.75 Å². The first-order chi connectivity index (χ1) is 12.5. The molecule has 0 bridgehead atoms. The fourth-order valence-corrected chi connectivity index (χ4v) is 2.30. The van der Waals surface area contributed by atoms with Crippen LogP contribution in [0.3, 0.4) is 0 Å². The molecule has 0 unspecified atom stereocenters. The van der Waals surface area contributed by atoms with Crippen LogP contribution in [0.15, 0.2) is 48.5 Å². The zero-order valence-electron chi connectivity index (χ0n) is 14.0. The standard InChI is InChI=1S/C19H17Cl2NO4/c1-25-14-8-5-13(6-9-14)7-10-17(23)22-12-11-18(24)26-16-4-2-3-15(20)19(16)21/h2-10H,11-12H2,1H3,(H,22,23)/b10-7+. The number of ether oxygens (including phenoxy) is 2. The number of carbonyl (C=O) groups excluding carboxylic acids is 2. The van der Waals surface area contributed by atoms with Gasteiger partial charge in [-0.05, 0) is 35.9 Å². The van der Waals surface area contributed by atoms with E-state index in [0.717, 1.165) is 11.3 Å². The molecule has 0 aromatic heterocycles. The maximum atomic E-state index is 11.8. The Morgan fingerprint density at radius 2 is 1.85 bits per heavy atom. The van der Waals surface area contributed by atoms with E-state index in [1.54, 1.807) is 43.5 Å². The number of esters is 1. The zero-order valence-corrected chi connectivity index (χ0v) is 15.5. The summed E-state index contributed by atoms with van der Waals surface area (Å²) >= 11 is 11.8. The van der Waals surface area contributed by atoms with Gasteiger partial charge in [-0.2, -0.15) is 0 Å². The van der Waals surface area contributed by atoms with Crippen LogP contribution in [0.5, 0.6) is 11.5 Å². The molecule has 2 rings (SSSR count). The fraction of sp³-hybridized carbons (Fsp3) is 0.158. The number of nitrogens with one attached hydrogen (secondary N) is 1. The maximum absolute atomic E-state index is 11.8. The van der Waals surface area contributed by atoms with Crippen molar-refractivity contribution in [1.82, 2.24) is 5.32 Å². The van der Waals surface area contributed by atoms with Gasteiger partial charge in [-0.1, -0.05) is 41.4 Å². The molecule has 2 aromatic carbocycles. The summed E-state index contributed by atoms with van der Waals surface area (Å²) in [6, 6.07) is 12.0. The molecule has 0 spiro atoms. The summed E-state index contributed by atoms with van der Waals surface area (Å²) in [5.74, 6) is 0.0998. The van der Waals surface area contributed by atoms with Gasteiger partial charge >= 0.3 is 5.97 Å². The van der Waals surface area contributed by atoms with E-state index in [1.165, 1.54) is 6.08 Å². The Labute approximate surface area is 161 Å². The average Bonchev–Trinajstić information content (AvgIpc) is 2.64. The van der Waals surface area contributed by atoms with Crippen LogP contribution in [0.2, 0.25) is 10.0 Å². The third kappa shape index (κ3) is 6.10. The highest BCUT2D eigenvalue weighted by molar-refractivity contribution is 6.43. The van der Waals surface area contributed by atoms with Crippen molar-refractivity contribution in [2.24, 2.45) is 0 Å². The quantitative estimate of drug-likeness (QED) is 0.436. The number of halogens is 2. The number of carbonyl (C=O) groups is 2. The summed E-state index contributed by atoms with van der Waals surface area (Å²) in [6.07, 6.45) is 3.06. The number of methoxy groups -OCH3 is 1. The number of hydrogen-bond donors (Lipinski definition) is 1. The van der Waals surface area contributed by atoms with Gasteiger partial charge in [-0.3, -0.25) is 9.59 Å². The van der Waals surface area contributed by atoms with Crippen molar-refractivity contribution in [2.45, 2.75) is 6.42 Å². The summed E-state index contributed by atoms with van der Waals surface area (Å²) in [5.41, 5.74) is 0.857. The van der Waals surface area contributed by atoms with Gasteiger partial charge in [0.05, 0.1) is 18.6 Å². The lowest BCUT2D eigenvalue weighted by molar-refractivity contribution is -0.134. The van der Waals surface area contributed by atoms with Gasteiger partial charge in [-0.25, -0.2) is 0 Å². The van der Waals surface area contributed by atoms with E-state index in [-0.39, 0.29) is 29.6 Å². The second-order valence-electron chi connectivity index (χ2n) is 5.17. The van der Waals surface area contributed by atoms with E-state index in [1.807, 2.05) is 12.1 Å². The van der Waals surface area contributed by atoms with Crippen LogP contribution in [0.1, 0.15) is 12.0 Å². The SMILES string of the molecule is COc1ccc(/C=C/C(=O)NCCC(=O)Oc2cccc(Cl)c2Cl)cc1. The summed E-state index contributed by atoms with van der Waals surface area (Å²) in [6.45, 7) is 0.142. The number of rotatable bonds is 7. The fourth-order valence-electron chi connectivity index (χ4n) is 1.97. The summed E-state index contributed by atoms with van der Waals surface area (Å²) in [7, 11) is 1.59. The van der Waals surface area contributed by atoms with Crippen molar-refractivity contribution in [3.63, 3.8) is 0 Å². The minimum absolute atomic E-state index is 0.00492. The van der Waals surface area contributed by atoms with Crippen LogP contribution in [0, 0.1) is 0 Å². The van der Waals surface area contributed by atoms with Crippen molar-refractivity contribution >= 4 is 41.2 Å². The molecule has 26 heavy (non-hydrogen) atoms. The first-order valence-electron chi connectivity index (χ1n) is 7.74. The van der Waals surface area contributed by atoms with E-state index in [0.29, 0.717) is 5.02 Å². The zero-order chi connectivity index (χ0) is 18.9. The van der Waals surface area contributed by atoms with Crippen LogP contribution in [0.25, 0.3) is 6.08 Å². The first-order valence-corrected chi connectivity index (χ1v) is 8.50. The molecule has 7 heteroatoms. The highest BCUT2D eigenvalue weighted by Gasteiger charge is 2.10. The van der Waals surface area contributed by atoms with Gasteiger partial charge in [-0.15, -0.1) is 0 Å². The predicted octanol–water partition coefficient (Wildman–Crippen LogP) is 4.13. The third-order valence-corrected chi connectivity index (χ3v) is 4.11. The second-order valence-corrected chi connectivity index (χ2v) is 5.96. The highest BCUT2D eigenvalue weighted by atomic mass is 35.5. The summed E-state index contributed by atoms with van der Waals surface area (Å²) in [5, 5.41) is 3.08. The van der Waals surface area contributed by atoms with Crippen LogP contribution in [-0.2, 0) is 9.59 Å². The van der Waals surface area contributed by atoms with Gasteiger partial charge < -0.3 is 14.8 Å². The Balaban J connectivity index is 1.75. The molecular formula is C19H17Cl2NO4. The van der Waals surface area contributed by atoms with E-state index in [4.69, 9.17) is 32.7 Å². The Kier molecular flexibility index (Phi) is 7.51. The van der Waals surface area contributed by atoms with Crippen LogP contribution in [0.4, 0.5) is 0 Å². The van der Waals surface area contributed by atoms with E-state index >= 15 is 0 Å². The molecule has 2 aromatic rings. The van der Waals surface area contributed by atoms with Gasteiger partial charge in [0, 0.05) is 12.6 Å². The van der Waals surface area contributed by atoms with E-state index in [9.17, 15) is 9.59 Å². The molecule has 0 heterocycles. The third-order valence-electron chi connectivity index (χ3n) is 3.31. The number of hydrogen-bond acceptors (Lipinski definition) is 4. The van der Waals surface area contributed by atoms with Crippen molar-refractivity contribution in [3.05, 3.63) is 64.1 Å². The average molecular weight is 394 g/mol. The van der Waals surface area contributed by atoms with Crippen molar-refractivity contribution in [2.75, 3.05) is 13.7 Å². The molecule has 0 fully saturated rings. The Morgan fingerprint density at radius 1 is 1.12 bits per heavy atom. The molecule has 1 amide bonds. The molecule has 0 radical (unpaired) electrons. The van der Waals surface area contributed by atoms with Gasteiger partial charge in [0.25, 0.3) is 0 Å². The molecule has 1 N–H and O–H groups in total. The lowest BCUT2D eigenvalue weighted by Crippen LogP contribution is -2.25. The van der Waals surface area contributed by atoms with Crippen molar-refractivity contribution in [1.29, 1.82) is 0 Å². The predicted molar refractivity (Wildman–Crippen MR) is 102 cm³/mol. The largest absolute Gasteiger partial charge is 0.497 e. The molecule has 0 saturated heterocycles. The topological polar surface area (TPSA) is 64.6 Å². The normalized spacial score (nSPS) is 10.6.